The molecule has 0 atom stereocenters. The van der Waals surface area contributed by atoms with Crippen LogP contribution in [0.3, 0.4) is 0 Å². The Kier molecular flexibility index (Phi) is 7.58. The minimum absolute atomic E-state index is 0.208. The van der Waals surface area contributed by atoms with Gasteiger partial charge in [0.1, 0.15) is 11.2 Å². The van der Waals surface area contributed by atoms with E-state index in [0.29, 0.717) is 17.5 Å². The van der Waals surface area contributed by atoms with E-state index in [9.17, 15) is 0 Å². The van der Waals surface area contributed by atoms with Gasteiger partial charge in [0, 0.05) is 54.9 Å². The van der Waals surface area contributed by atoms with Gasteiger partial charge in [0.25, 0.3) is 0 Å². The largest absolute Gasteiger partial charge is 0.455 e. The van der Waals surface area contributed by atoms with Crippen LogP contribution in [0.1, 0.15) is 25.0 Å². The Labute approximate surface area is 363 Å². The summed E-state index contributed by atoms with van der Waals surface area (Å²) >= 11 is 0. The minimum Gasteiger partial charge on any atom is -0.455 e. The topological polar surface area (TPSA) is 56.7 Å². The van der Waals surface area contributed by atoms with Crippen LogP contribution in [0.5, 0.6) is 0 Å². The maximum absolute atomic E-state index is 6.43. The fourth-order valence-electron chi connectivity index (χ4n) is 10.2. The second kappa shape index (κ2) is 13.4. The molecule has 0 spiro atoms. The average molecular weight is 807 g/mol. The van der Waals surface area contributed by atoms with Crippen LogP contribution in [0, 0.1) is 0 Å². The molecule has 0 unspecified atom stereocenters. The van der Waals surface area contributed by atoms with Gasteiger partial charge in [-0.3, -0.25) is 0 Å². The molecular weight excluding hydrogens is 769 g/mol. The van der Waals surface area contributed by atoms with Crippen molar-refractivity contribution < 1.29 is 4.42 Å². The summed E-state index contributed by atoms with van der Waals surface area (Å²) in [4.78, 5) is 16.0. The van der Waals surface area contributed by atoms with Crippen LogP contribution in [0.2, 0.25) is 0 Å². The van der Waals surface area contributed by atoms with Crippen molar-refractivity contribution in [3.63, 3.8) is 0 Å². The molecule has 0 amide bonds. The van der Waals surface area contributed by atoms with E-state index in [1.165, 1.54) is 38.4 Å². The van der Waals surface area contributed by atoms with Crippen molar-refractivity contribution in [3.8, 4) is 62.1 Å². The molecule has 63 heavy (non-hydrogen) atoms. The minimum atomic E-state index is -0.208. The highest BCUT2D eigenvalue weighted by atomic mass is 16.3. The third-order valence-corrected chi connectivity index (χ3v) is 13.2. The number of rotatable bonds is 5. The van der Waals surface area contributed by atoms with Crippen molar-refractivity contribution in [1.82, 2.24) is 19.5 Å². The van der Waals surface area contributed by atoms with E-state index in [1.54, 1.807) is 0 Å². The van der Waals surface area contributed by atoms with Crippen molar-refractivity contribution in [2.24, 2.45) is 0 Å². The van der Waals surface area contributed by atoms with Crippen LogP contribution < -0.4 is 0 Å². The summed E-state index contributed by atoms with van der Waals surface area (Å²) in [5.41, 5.74) is 14.9. The normalized spacial score (nSPS) is 13.0. The number of hydrogen-bond acceptors (Lipinski definition) is 4. The summed E-state index contributed by atoms with van der Waals surface area (Å²) in [7, 11) is 0. The molecule has 0 saturated carbocycles. The van der Waals surface area contributed by atoms with Gasteiger partial charge in [-0.2, -0.15) is 0 Å². The lowest BCUT2D eigenvalue weighted by molar-refractivity contribution is 0.661. The second-order valence-electron chi connectivity index (χ2n) is 17.2. The SMILES string of the molecule is CC1(C)c2cc3ccccc3cc2-c2c(-c3nc(-c4ccc(-c5cccc6c5oc5ccccc56)cc4)nc(-c4ccc5c(c4)c4ccccc4n5-c4ccccc4)n3)cccc21. The summed E-state index contributed by atoms with van der Waals surface area (Å²) < 4.78 is 8.77. The van der Waals surface area contributed by atoms with E-state index < -0.39 is 0 Å². The van der Waals surface area contributed by atoms with Gasteiger partial charge in [-0.15, -0.1) is 0 Å². The quantitative estimate of drug-likeness (QED) is 0.174. The first kappa shape index (κ1) is 35.6. The number of hydrogen-bond donors (Lipinski definition) is 0. The number of fused-ring (bicyclic) bond motifs is 10. The van der Waals surface area contributed by atoms with Gasteiger partial charge in [-0.25, -0.2) is 15.0 Å². The first-order valence-electron chi connectivity index (χ1n) is 21.5. The number of nitrogens with zero attached hydrogens (tertiary/aromatic N) is 4. The Bertz CT molecular complexity index is 3820. The molecule has 0 fully saturated rings. The molecule has 0 bridgehead atoms. The highest BCUT2D eigenvalue weighted by Gasteiger charge is 2.38. The van der Waals surface area contributed by atoms with Crippen LogP contribution in [0.25, 0.3) is 117 Å². The summed E-state index contributed by atoms with van der Waals surface area (Å²) in [5, 5.41) is 7.00. The lowest BCUT2D eigenvalue weighted by Crippen LogP contribution is -2.15. The molecule has 1 aliphatic rings. The van der Waals surface area contributed by atoms with Crippen molar-refractivity contribution >= 4 is 54.5 Å². The highest BCUT2D eigenvalue weighted by Crippen LogP contribution is 2.53. The van der Waals surface area contributed by atoms with Crippen molar-refractivity contribution in [1.29, 1.82) is 0 Å². The maximum atomic E-state index is 6.43. The van der Waals surface area contributed by atoms with E-state index in [-0.39, 0.29) is 5.41 Å². The molecule has 5 nitrogen and oxygen atoms in total. The van der Waals surface area contributed by atoms with E-state index in [1.807, 2.05) is 12.1 Å². The van der Waals surface area contributed by atoms with Crippen LogP contribution in [-0.4, -0.2) is 19.5 Å². The molecule has 13 rings (SSSR count). The molecule has 0 aliphatic heterocycles. The molecule has 3 aromatic heterocycles. The van der Waals surface area contributed by atoms with Crippen LogP contribution in [0.15, 0.2) is 199 Å². The summed E-state index contributed by atoms with van der Waals surface area (Å²) in [6.45, 7) is 4.66. The molecule has 296 valence electrons. The van der Waals surface area contributed by atoms with Gasteiger partial charge in [-0.05, 0) is 93.2 Å². The van der Waals surface area contributed by atoms with Gasteiger partial charge >= 0.3 is 0 Å². The maximum Gasteiger partial charge on any atom is 0.164 e. The molecule has 12 aromatic rings. The predicted molar refractivity (Wildman–Crippen MR) is 258 cm³/mol. The second-order valence-corrected chi connectivity index (χ2v) is 17.2. The number of benzene rings is 9. The van der Waals surface area contributed by atoms with Crippen molar-refractivity contribution in [2.45, 2.75) is 19.3 Å². The van der Waals surface area contributed by atoms with Gasteiger partial charge in [0.05, 0.1) is 11.0 Å². The summed E-state index contributed by atoms with van der Waals surface area (Å²) in [5.74, 6) is 1.88. The predicted octanol–water partition coefficient (Wildman–Crippen LogP) is 15.0. The highest BCUT2D eigenvalue weighted by molar-refractivity contribution is 6.11. The lowest BCUT2D eigenvalue weighted by Gasteiger charge is -2.22. The van der Waals surface area contributed by atoms with Crippen molar-refractivity contribution in [3.05, 3.63) is 205 Å². The number of furan rings is 1. The number of aromatic nitrogens is 4. The van der Waals surface area contributed by atoms with Crippen molar-refractivity contribution in [2.75, 3.05) is 0 Å². The smallest absolute Gasteiger partial charge is 0.164 e. The van der Waals surface area contributed by atoms with Gasteiger partial charge in [0.2, 0.25) is 0 Å². The Morgan fingerprint density at radius 1 is 0.413 bits per heavy atom. The van der Waals surface area contributed by atoms with E-state index in [2.05, 4.69) is 200 Å². The van der Waals surface area contributed by atoms with Gasteiger partial charge in [0.15, 0.2) is 17.5 Å². The van der Waals surface area contributed by atoms with Crippen LogP contribution in [0.4, 0.5) is 0 Å². The van der Waals surface area contributed by atoms with E-state index in [4.69, 9.17) is 19.4 Å². The Morgan fingerprint density at radius 3 is 1.87 bits per heavy atom. The van der Waals surface area contributed by atoms with E-state index in [0.717, 1.165) is 71.9 Å². The zero-order valence-corrected chi connectivity index (χ0v) is 34.7. The first-order valence-corrected chi connectivity index (χ1v) is 21.5. The molecule has 0 saturated heterocycles. The number of para-hydroxylation sites is 4. The molecular formula is C58H38N4O. The van der Waals surface area contributed by atoms with Crippen LogP contribution in [-0.2, 0) is 5.41 Å². The third kappa shape index (κ3) is 5.39. The van der Waals surface area contributed by atoms with Gasteiger partial charge in [-0.1, -0.05) is 153 Å². The summed E-state index contributed by atoms with van der Waals surface area (Å²) in [6.07, 6.45) is 0. The standard InChI is InChI=1S/C58H38N4O/c1-58(2)48-23-13-22-45(53(48)47-32-37-14-6-7-15-38(37)34-49(47)58)57-60-55(36-28-26-35(27-29-36)41-20-12-21-44-43-19-9-11-25-52(43)63-54(41)44)59-56(61-57)39-30-31-51-46(33-39)42-18-8-10-24-50(42)62(51)40-16-4-3-5-17-40/h3-34H,1-2H3. The Balaban J connectivity index is 1.01. The zero-order chi connectivity index (χ0) is 41.8. The molecule has 1 aliphatic carbocycles. The van der Waals surface area contributed by atoms with Crippen LogP contribution >= 0.6 is 0 Å². The average Bonchev–Trinajstić information content (AvgIpc) is 3.96. The fraction of sp³-hybridized carbons (Fsp3) is 0.0517. The Hall–Kier alpha value is -8.15. The fourth-order valence-corrected chi connectivity index (χ4v) is 10.2. The molecule has 5 heteroatoms. The zero-order valence-electron chi connectivity index (χ0n) is 34.7. The molecule has 3 heterocycles. The molecule has 9 aromatic carbocycles. The van der Waals surface area contributed by atoms with E-state index >= 15 is 0 Å². The monoisotopic (exact) mass is 806 g/mol. The third-order valence-electron chi connectivity index (χ3n) is 13.2. The summed E-state index contributed by atoms with van der Waals surface area (Å²) in [6, 6.07) is 68.9. The van der Waals surface area contributed by atoms with Gasteiger partial charge < -0.3 is 8.98 Å². The lowest BCUT2D eigenvalue weighted by atomic mass is 9.81. The molecule has 0 radical (unpaired) electrons. The molecule has 0 N–H and O–H groups in total. The Morgan fingerprint density at radius 2 is 1.03 bits per heavy atom. The first-order chi connectivity index (χ1) is 31.0.